The lowest BCUT2D eigenvalue weighted by atomic mass is 9.77. The second kappa shape index (κ2) is 16.9. The van der Waals surface area contributed by atoms with Crippen LogP contribution in [0.1, 0.15) is 70.5 Å². The average molecular weight is 751 g/mol. The van der Waals surface area contributed by atoms with E-state index in [1.165, 1.54) is 49.6 Å². The van der Waals surface area contributed by atoms with E-state index in [9.17, 15) is 0 Å². The molecule has 0 aliphatic carbocycles. The molecule has 0 radical (unpaired) electrons. The van der Waals surface area contributed by atoms with E-state index in [1.807, 2.05) is 0 Å². The lowest BCUT2D eigenvalue weighted by Crippen LogP contribution is -2.36. The third-order valence-corrected chi connectivity index (χ3v) is 15.8. The van der Waals surface area contributed by atoms with Crippen molar-refractivity contribution in [1.82, 2.24) is 0 Å². The molecule has 258 valence electrons. The Morgan fingerprint density at radius 1 is 0.423 bits per heavy atom. The molecular formula is C47H42Cl2NPSi. The molecular weight excluding hydrogens is 708 g/mol. The van der Waals surface area contributed by atoms with Crippen molar-refractivity contribution in [2.45, 2.75) is 31.6 Å². The summed E-state index contributed by atoms with van der Waals surface area (Å²) in [7, 11) is -3.84. The van der Waals surface area contributed by atoms with E-state index in [0.29, 0.717) is 0 Å². The van der Waals surface area contributed by atoms with Gasteiger partial charge in [-0.3, -0.25) is 0 Å². The van der Waals surface area contributed by atoms with Crippen molar-refractivity contribution >= 4 is 54.1 Å². The zero-order chi connectivity index (χ0) is 35.9. The second-order valence-electron chi connectivity index (χ2n) is 13.3. The van der Waals surface area contributed by atoms with Crippen LogP contribution in [0.2, 0.25) is 0 Å². The van der Waals surface area contributed by atoms with Gasteiger partial charge in [-0.25, -0.2) is 0 Å². The molecule has 0 N–H and O–H groups in total. The Morgan fingerprint density at radius 2 is 0.712 bits per heavy atom. The second-order valence-corrected chi connectivity index (χ2v) is 20.1. The van der Waals surface area contributed by atoms with Crippen LogP contribution in [0.15, 0.2) is 194 Å². The number of halogens is 2. The first-order valence-electron chi connectivity index (χ1n) is 17.9. The molecule has 0 aromatic heterocycles. The summed E-state index contributed by atoms with van der Waals surface area (Å²) in [5, 5.41) is 2.42. The lowest BCUT2D eigenvalue weighted by molar-refractivity contribution is 0.846. The molecule has 7 rings (SSSR count). The van der Waals surface area contributed by atoms with Gasteiger partial charge in [0.05, 0.1) is 0 Å². The van der Waals surface area contributed by atoms with Gasteiger partial charge in [0.2, 0.25) is 0 Å². The zero-order valence-electron chi connectivity index (χ0n) is 29.4. The maximum atomic E-state index is 7.56. The highest BCUT2D eigenvalue weighted by molar-refractivity contribution is 7.78. The minimum absolute atomic E-state index is 0.0750. The Kier molecular flexibility index (Phi) is 11.7. The molecule has 0 fully saturated rings. The highest BCUT2D eigenvalue weighted by Gasteiger charge is 2.37. The molecule has 7 aromatic rings. The zero-order valence-corrected chi connectivity index (χ0v) is 33.0. The molecule has 5 heteroatoms. The first-order valence-corrected chi connectivity index (χ1v) is 23.2. The van der Waals surface area contributed by atoms with E-state index in [0.717, 1.165) is 5.69 Å². The van der Waals surface area contributed by atoms with Crippen LogP contribution in [0, 0.1) is 0 Å². The lowest BCUT2D eigenvalue weighted by Gasteiger charge is -2.41. The van der Waals surface area contributed by atoms with Crippen LogP contribution in [0.3, 0.4) is 0 Å². The van der Waals surface area contributed by atoms with Crippen LogP contribution >= 0.6 is 30.2 Å². The predicted octanol–water partition coefficient (Wildman–Crippen LogP) is 12.2. The van der Waals surface area contributed by atoms with Crippen molar-refractivity contribution in [1.29, 1.82) is 0 Å². The van der Waals surface area contributed by atoms with Gasteiger partial charge in [0.15, 0.2) is 0 Å². The van der Waals surface area contributed by atoms with Crippen molar-refractivity contribution < 1.29 is 0 Å². The fourth-order valence-corrected chi connectivity index (χ4v) is 13.5. The Hall–Kier alpha value is -4.43. The molecule has 1 nitrogen and oxygen atoms in total. The van der Waals surface area contributed by atoms with E-state index in [4.69, 9.17) is 22.2 Å². The van der Waals surface area contributed by atoms with E-state index >= 15 is 0 Å². The van der Waals surface area contributed by atoms with E-state index in [-0.39, 0.29) is 17.8 Å². The largest absolute Gasteiger partial charge is 0.347 e. The molecule has 0 aliphatic rings. The first-order chi connectivity index (χ1) is 25.5. The predicted molar refractivity (Wildman–Crippen MR) is 229 cm³/mol. The summed E-state index contributed by atoms with van der Waals surface area (Å²) in [5.74, 6) is 0.132. The normalized spacial score (nSPS) is 11.6. The number of hydrogen-bond acceptors (Lipinski definition) is 1. The van der Waals surface area contributed by atoms with Crippen molar-refractivity contribution in [2.24, 2.45) is 0 Å². The fourth-order valence-electron chi connectivity index (χ4n) is 7.25. The van der Waals surface area contributed by atoms with Crippen molar-refractivity contribution in [3.63, 3.8) is 0 Å². The quantitative estimate of drug-likeness (QED) is 0.0520. The van der Waals surface area contributed by atoms with Crippen LogP contribution in [0.5, 0.6) is 0 Å². The van der Waals surface area contributed by atoms with Crippen molar-refractivity contribution in [2.75, 3.05) is 4.34 Å². The highest BCUT2D eigenvalue weighted by atomic mass is 35.7. The number of hydrogen-bond donors (Lipinski definition) is 0. The number of benzene rings is 7. The average Bonchev–Trinajstić information content (AvgIpc) is 3.19. The summed E-state index contributed by atoms with van der Waals surface area (Å²) in [4.78, 5) is 0. The summed E-state index contributed by atoms with van der Waals surface area (Å²) in [6, 6.07) is 70.1. The van der Waals surface area contributed by atoms with Gasteiger partial charge in [0, 0.05) is 25.6 Å². The molecule has 0 atom stereocenters. The van der Waals surface area contributed by atoms with Crippen LogP contribution in [0.25, 0.3) is 0 Å². The minimum Gasteiger partial charge on any atom is -0.347 e. The van der Waals surface area contributed by atoms with Crippen LogP contribution < -0.4 is 14.9 Å². The topological polar surface area (TPSA) is 3.24 Å². The maximum absolute atomic E-state index is 7.56. The summed E-state index contributed by atoms with van der Waals surface area (Å²) in [5.41, 5.74) is 9.75. The molecule has 0 heterocycles. The summed E-state index contributed by atoms with van der Waals surface area (Å²) in [6.45, 7) is 4.59. The van der Waals surface area contributed by atoms with Gasteiger partial charge in [0.25, 0.3) is 0 Å². The third-order valence-electron chi connectivity index (χ3n) is 9.64. The summed E-state index contributed by atoms with van der Waals surface area (Å²) in [6.07, 6.45) is 0. The van der Waals surface area contributed by atoms with Crippen molar-refractivity contribution in [3.8, 4) is 0 Å². The van der Waals surface area contributed by atoms with Gasteiger partial charge in [-0.05, 0) is 55.5 Å². The monoisotopic (exact) mass is 749 g/mol. The van der Waals surface area contributed by atoms with Gasteiger partial charge in [-0.15, -0.1) is 22.2 Å². The van der Waals surface area contributed by atoms with Crippen LogP contribution in [-0.4, -0.2) is 7.58 Å². The van der Waals surface area contributed by atoms with Crippen LogP contribution in [0.4, 0.5) is 5.69 Å². The standard InChI is InChI=1S/C47H42Cl2NPSi/c1-35(2)40-33-43(45(36-21-9-3-10-22-36)37-23-11-4-12-24-37)47(44(34-40)46(38-25-13-5-14-26-38)39-27-15-6-16-28-39)50(52(48)49)51(41-29-17-7-18-30-41)42-31-19-8-20-32-42/h3-35,45-46,52H,1-2H3. The Morgan fingerprint density at radius 3 is 0.981 bits per heavy atom. The van der Waals surface area contributed by atoms with Gasteiger partial charge in [0.1, 0.15) is 0 Å². The Bertz CT molecular complexity index is 1930. The molecule has 52 heavy (non-hydrogen) atoms. The van der Waals surface area contributed by atoms with Crippen LogP contribution in [-0.2, 0) is 0 Å². The highest BCUT2D eigenvalue weighted by Crippen LogP contribution is 2.53. The molecule has 0 unspecified atom stereocenters. The minimum atomic E-state index is -2.66. The number of nitrogens with zero attached hydrogens (tertiary/aromatic N) is 1. The molecule has 0 aliphatic heterocycles. The maximum Gasteiger partial charge on any atom is 0.340 e. The summed E-state index contributed by atoms with van der Waals surface area (Å²) >= 11 is 15.1. The number of rotatable bonds is 12. The number of anilines is 1. The summed E-state index contributed by atoms with van der Waals surface area (Å²) < 4.78 is 2.47. The van der Waals surface area contributed by atoms with Gasteiger partial charge in [-0.2, -0.15) is 0 Å². The van der Waals surface area contributed by atoms with Gasteiger partial charge >= 0.3 is 7.58 Å². The van der Waals surface area contributed by atoms with E-state index < -0.39 is 15.7 Å². The molecule has 0 spiro atoms. The van der Waals surface area contributed by atoms with Crippen molar-refractivity contribution in [3.05, 3.63) is 233 Å². The Labute approximate surface area is 321 Å². The molecule has 0 saturated carbocycles. The molecule has 0 amide bonds. The first kappa shape index (κ1) is 35.9. The van der Waals surface area contributed by atoms with E-state index in [1.54, 1.807) is 0 Å². The molecule has 0 saturated heterocycles. The fraction of sp³-hybridized carbons (Fsp3) is 0.106. The third kappa shape index (κ3) is 7.82. The van der Waals surface area contributed by atoms with Gasteiger partial charge < -0.3 is 4.34 Å². The molecule has 0 bridgehead atoms. The van der Waals surface area contributed by atoms with Gasteiger partial charge in [-0.1, -0.05) is 208 Å². The molecule has 7 aromatic carbocycles. The Balaban J connectivity index is 1.66. The SMILES string of the molecule is CC(C)c1cc(C(c2ccccc2)c2ccccc2)c(N([SiH](Cl)Cl)P(c2ccccc2)c2ccccc2)c(C(c2ccccc2)c2ccccc2)c1. The van der Waals surface area contributed by atoms with E-state index in [2.05, 4.69) is 212 Å². The smallest absolute Gasteiger partial charge is 0.340 e.